The van der Waals surface area contributed by atoms with Gasteiger partial charge in [0.25, 0.3) is 0 Å². The fraction of sp³-hybridized carbons (Fsp3) is 0.200. The zero-order valence-corrected chi connectivity index (χ0v) is 10.3. The molecule has 0 fully saturated rings. The van der Waals surface area contributed by atoms with Crippen molar-refractivity contribution in [1.29, 1.82) is 0 Å². The lowest BCUT2D eigenvalue weighted by atomic mass is 10.1. The van der Waals surface area contributed by atoms with Gasteiger partial charge in [-0.15, -0.1) is 0 Å². The third kappa shape index (κ3) is 2.38. The normalized spacial score (nSPS) is 10.5. The number of carbonyl (C=O) groups excluding carboxylic acids is 1. The molecule has 0 radical (unpaired) electrons. The van der Waals surface area contributed by atoms with Crippen LogP contribution < -0.4 is 10.1 Å². The van der Waals surface area contributed by atoms with Crippen LogP contribution >= 0.6 is 15.9 Å². The second kappa shape index (κ2) is 5.60. The quantitative estimate of drug-likeness (QED) is 0.526. The van der Waals surface area contributed by atoms with Gasteiger partial charge in [-0.1, -0.05) is 0 Å². The maximum absolute atomic E-state index is 13.7. The van der Waals surface area contributed by atoms with Crippen LogP contribution in [-0.4, -0.2) is 26.8 Å². The second-order valence-corrected chi connectivity index (χ2v) is 3.67. The predicted octanol–water partition coefficient (Wildman–Crippen LogP) is 2.48. The molecule has 1 N–H and O–H groups in total. The van der Waals surface area contributed by atoms with Crippen molar-refractivity contribution in [2.24, 2.45) is 4.99 Å². The van der Waals surface area contributed by atoms with Crippen molar-refractivity contribution >= 4 is 34.2 Å². The number of aldehydes is 1. The van der Waals surface area contributed by atoms with Gasteiger partial charge in [-0.2, -0.15) is 0 Å². The summed E-state index contributed by atoms with van der Waals surface area (Å²) in [7, 11) is 2.94. The first-order valence-electron chi connectivity index (χ1n) is 4.34. The number of nitrogens with zero attached hydrogens (tertiary/aromatic N) is 1. The van der Waals surface area contributed by atoms with E-state index in [9.17, 15) is 9.18 Å². The first-order chi connectivity index (χ1) is 7.65. The molecule has 0 spiro atoms. The molecule has 0 amide bonds. The van der Waals surface area contributed by atoms with Gasteiger partial charge in [-0.05, 0) is 22.0 Å². The number of anilines is 1. The standard InChI is InChI=1S/C10H10BrFN2O2/c1-13-5-14-10-6(4-15)8(16-2)3-7(11)9(10)12/h3-5H,1-2H3,(H,13,14). The Morgan fingerprint density at radius 1 is 1.62 bits per heavy atom. The van der Waals surface area contributed by atoms with E-state index in [1.807, 2.05) is 0 Å². The minimum atomic E-state index is -0.567. The topological polar surface area (TPSA) is 50.7 Å². The molecule has 16 heavy (non-hydrogen) atoms. The lowest BCUT2D eigenvalue weighted by Crippen LogP contribution is -2.04. The molecule has 86 valence electrons. The molecule has 0 heterocycles. The number of rotatable bonds is 4. The van der Waals surface area contributed by atoms with Crippen molar-refractivity contribution in [3.63, 3.8) is 0 Å². The first-order valence-corrected chi connectivity index (χ1v) is 5.13. The zero-order chi connectivity index (χ0) is 12.1. The average molecular weight is 289 g/mol. The molecule has 1 rings (SSSR count). The van der Waals surface area contributed by atoms with Crippen molar-refractivity contribution < 1.29 is 13.9 Å². The van der Waals surface area contributed by atoms with Crippen LogP contribution in [0.25, 0.3) is 0 Å². The number of methoxy groups -OCH3 is 1. The largest absolute Gasteiger partial charge is 0.496 e. The Labute approximate surface area is 101 Å². The van der Waals surface area contributed by atoms with Crippen LogP contribution in [0.1, 0.15) is 10.4 Å². The summed E-state index contributed by atoms with van der Waals surface area (Å²) in [5.74, 6) is -0.280. The Balaban J connectivity index is 3.39. The molecule has 0 aromatic heterocycles. The number of hydrogen-bond donors (Lipinski definition) is 1. The zero-order valence-electron chi connectivity index (χ0n) is 8.75. The fourth-order valence-corrected chi connectivity index (χ4v) is 1.58. The van der Waals surface area contributed by atoms with Gasteiger partial charge in [-0.3, -0.25) is 9.79 Å². The minimum Gasteiger partial charge on any atom is -0.496 e. The maximum Gasteiger partial charge on any atom is 0.161 e. The Morgan fingerprint density at radius 2 is 2.31 bits per heavy atom. The molecule has 4 nitrogen and oxygen atoms in total. The maximum atomic E-state index is 13.7. The number of nitrogens with one attached hydrogen (secondary N) is 1. The summed E-state index contributed by atoms with van der Waals surface area (Å²) in [6.07, 6.45) is 1.82. The average Bonchev–Trinajstić information content (AvgIpc) is 2.30. The molecule has 0 aliphatic rings. The van der Waals surface area contributed by atoms with E-state index < -0.39 is 5.82 Å². The third-order valence-electron chi connectivity index (χ3n) is 1.90. The van der Waals surface area contributed by atoms with Crippen molar-refractivity contribution in [1.82, 2.24) is 0 Å². The number of carbonyl (C=O) groups is 1. The number of aliphatic imine (C=N–C) groups is 1. The smallest absolute Gasteiger partial charge is 0.161 e. The number of benzene rings is 1. The Morgan fingerprint density at radius 3 is 2.81 bits per heavy atom. The third-order valence-corrected chi connectivity index (χ3v) is 2.47. The molecule has 0 saturated heterocycles. The fourth-order valence-electron chi connectivity index (χ4n) is 1.17. The van der Waals surface area contributed by atoms with Crippen LogP contribution in [0.15, 0.2) is 15.5 Å². The van der Waals surface area contributed by atoms with E-state index >= 15 is 0 Å². The van der Waals surface area contributed by atoms with Gasteiger partial charge >= 0.3 is 0 Å². The number of ether oxygens (including phenoxy) is 1. The molecule has 6 heteroatoms. The number of hydrogen-bond acceptors (Lipinski definition) is 3. The summed E-state index contributed by atoms with van der Waals surface area (Å²) in [5.41, 5.74) is 0.148. The van der Waals surface area contributed by atoms with Gasteiger partial charge in [0.2, 0.25) is 0 Å². The van der Waals surface area contributed by atoms with Crippen molar-refractivity contribution in [3.8, 4) is 5.75 Å². The summed E-state index contributed by atoms with van der Waals surface area (Å²) < 4.78 is 18.9. The van der Waals surface area contributed by atoms with E-state index in [2.05, 4.69) is 26.2 Å². The van der Waals surface area contributed by atoms with Gasteiger partial charge < -0.3 is 10.1 Å². The highest BCUT2D eigenvalue weighted by Crippen LogP contribution is 2.33. The van der Waals surface area contributed by atoms with Crippen molar-refractivity contribution in [2.45, 2.75) is 0 Å². The molecule has 0 unspecified atom stereocenters. The highest BCUT2D eigenvalue weighted by molar-refractivity contribution is 9.10. The Bertz CT molecular complexity index is 435. The molecule has 0 saturated carbocycles. The second-order valence-electron chi connectivity index (χ2n) is 2.81. The summed E-state index contributed by atoms with van der Waals surface area (Å²) in [6, 6.07) is 1.40. The van der Waals surface area contributed by atoms with E-state index in [0.717, 1.165) is 0 Å². The van der Waals surface area contributed by atoms with E-state index in [4.69, 9.17) is 4.74 Å². The SMILES string of the molecule is CN=CNc1c(F)c(Br)cc(OC)c1C=O. The molecule has 0 aliphatic heterocycles. The lowest BCUT2D eigenvalue weighted by molar-refractivity contribution is 0.112. The van der Waals surface area contributed by atoms with Crippen molar-refractivity contribution in [3.05, 3.63) is 21.9 Å². The summed E-state index contributed by atoms with van der Waals surface area (Å²) in [4.78, 5) is 14.5. The van der Waals surface area contributed by atoms with E-state index in [0.29, 0.717) is 6.29 Å². The predicted molar refractivity (Wildman–Crippen MR) is 64.1 cm³/mol. The van der Waals surface area contributed by atoms with Crippen molar-refractivity contribution in [2.75, 3.05) is 19.5 Å². The number of halogens is 2. The van der Waals surface area contributed by atoms with Gasteiger partial charge in [0.1, 0.15) is 5.75 Å². The van der Waals surface area contributed by atoms with E-state index in [1.54, 1.807) is 0 Å². The van der Waals surface area contributed by atoms with Gasteiger partial charge in [0.05, 0.1) is 29.2 Å². The molecule has 1 aromatic carbocycles. The summed E-state index contributed by atoms with van der Waals surface area (Å²) in [5, 5.41) is 2.59. The van der Waals surface area contributed by atoms with Crippen LogP contribution in [0.4, 0.5) is 10.1 Å². The highest BCUT2D eigenvalue weighted by Gasteiger charge is 2.16. The van der Waals surface area contributed by atoms with Gasteiger partial charge in [0.15, 0.2) is 12.1 Å². The summed E-state index contributed by atoms with van der Waals surface area (Å²) >= 11 is 3.04. The minimum absolute atomic E-state index is 0.0341. The van der Waals surface area contributed by atoms with Gasteiger partial charge in [0, 0.05) is 7.05 Å². The Hall–Kier alpha value is -1.43. The highest BCUT2D eigenvalue weighted by atomic mass is 79.9. The monoisotopic (exact) mass is 288 g/mol. The first kappa shape index (κ1) is 12.6. The molecule has 1 aromatic rings. The van der Waals surface area contributed by atoms with Crippen LogP contribution in [0.5, 0.6) is 5.75 Å². The van der Waals surface area contributed by atoms with Crippen LogP contribution in [-0.2, 0) is 0 Å². The van der Waals surface area contributed by atoms with Crippen LogP contribution in [0.2, 0.25) is 0 Å². The summed E-state index contributed by atoms with van der Waals surface area (Å²) in [6.45, 7) is 0. The molecule has 0 atom stereocenters. The molecule has 0 aliphatic carbocycles. The lowest BCUT2D eigenvalue weighted by Gasteiger charge is -2.11. The van der Waals surface area contributed by atoms with Crippen LogP contribution in [0.3, 0.4) is 0 Å². The molecular weight excluding hydrogens is 279 g/mol. The van der Waals surface area contributed by atoms with Gasteiger partial charge in [-0.25, -0.2) is 4.39 Å². The van der Waals surface area contributed by atoms with E-state index in [1.165, 1.54) is 26.6 Å². The van der Waals surface area contributed by atoms with Crippen LogP contribution in [0, 0.1) is 5.82 Å². The Kier molecular flexibility index (Phi) is 4.42. The molecular formula is C10H10BrFN2O2. The molecule has 0 bridgehead atoms. The van der Waals surface area contributed by atoms with E-state index in [-0.39, 0.29) is 21.5 Å².